The van der Waals surface area contributed by atoms with E-state index in [1.54, 1.807) is 6.92 Å². The van der Waals surface area contributed by atoms with Crippen molar-refractivity contribution < 1.29 is 4.79 Å². The molecule has 0 aliphatic rings. The third-order valence-corrected chi connectivity index (χ3v) is 1.55. The summed E-state index contributed by atoms with van der Waals surface area (Å²) < 4.78 is 0. The van der Waals surface area contributed by atoms with Gasteiger partial charge in [0.2, 0.25) is 0 Å². The molecule has 0 aliphatic heterocycles. The molecule has 0 bridgehead atoms. The van der Waals surface area contributed by atoms with Crippen molar-refractivity contribution in [3.8, 4) is 6.07 Å². The summed E-state index contributed by atoms with van der Waals surface area (Å²) in [4.78, 5) is 10.8. The fourth-order valence-corrected chi connectivity index (χ4v) is 0.908. The maximum absolute atomic E-state index is 10.8. The smallest absolute Gasteiger partial charge is 0.133 e. The lowest BCUT2D eigenvalue weighted by Crippen LogP contribution is -2.09. The number of carbonyl (C=O) groups is 1. The van der Waals surface area contributed by atoms with Gasteiger partial charge in [0.25, 0.3) is 0 Å². The highest BCUT2D eigenvalue weighted by Gasteiger charge is 2.11. The first-order chi connectivity index (χ1) is 4.72. The van der Waals surface area contributed by atoms with Gasteiger partial charge in [0.1, 0.15) is 5.78 Å². The van der Waals surface area contributed by atoms with Crippen LogP contribution in [0.3, 0.4) is 0 Å². The van der Waals surface area contributed by atoms with Gasteiger partial charge < -0.3 is 0 Å². The monoisotopic (exact) mass is 139 g/mol. The van der Waals surface area contributed by atoms with Crippen LogP contribution in [0, 0.1) is 17.2 Å². The first kappa shape index (κ1) is 9.16. The summed E-state index contributed by atoms with van der Waals surface area (Å²) in [7, 11) is 0. The Morgan fingerprint density at radius 2 is 2.30 bits per heavy atom. The highest BCUT2D eigenvalue weighted by atomic mass is 16.1. The van der Waals surface area contributed by atoms with Crippen molar-refractivity contribution in [3.63, 3.8) is 0 Å². The second-order valence-electron chi connectivity index (χ2n) is 2.46. The number of hydrogen-bond acceptors (Lipinski definition) is 2. The van der Waals surface area contributed by atoms with Crippen molar-refractivity contribution in [2.75, 3.05) is 0 Å². The van der Waals surface area contributed by atoms with Gasteiger partial charge in [-0.05, 0) is 13.3 Å². The molecule has 0 aromatic heterocycles. The van der Waals surface area contributed by atoms with Crippen molar-refractivity contribution in [1.82, 2.24) is 0 Å². The Labute approximate surface area is 61.8 Å². The highest BCUT2D eigenvalue weighted by molar-refractivity contribution is 5.78. The average Bonchev–Trinajstić information content (AvgIpc) is 1.87. The van der Waals surface area contributed by atoms with E-state index in [9.17, 15) is 4.79 Å². The zero-order valence-corrected chi connectivity index (χ0v) is 6.55. The second-order valence-corrected chi connectivity index (χ2v) is 2.46. The summed E-state index contributed by atoms with van der Waals surface area (Å²) in [6.07, 6.45) is 2.21. The molecule has 0 rings (SSSR count). The molecule has 0 N–H and O–H groups in total. The van der Waals surface area contributed by atoms with E-state index in [0.717, 1.165) is 12.8 Å². The number of Topliss-reactive ketones (excluding diaryl/α,β-unsaturated/α-hetero) is 1. The molecule has 0 spiro atoms. The molecule has 0 fully saturated rings. The van der Waals surface area contributed by atoms with Crippen LogP contribution < -0.4 is 0 Å². The van der Waals surface area contributed by atoms with Gasteiger partial charge in [-0.2, -0.15) is 5.26 Å². The fourth-order valence-electron chi connectivity index (χ4n) is 0.908. The van der Waals surface area contributed by atoms with Crippen molar-refractivity contribution in [3.05, 3.63) is 0 Å². The second kappa shape index (κ2) is 4.99. The Kier molecular flexibility index (Phi) is 4.57. The van der Waals surface area contributed by atoms with Gasteiger partial charge in [-0.3, -0.25) is 4.79 Å². The van der Waals surface area contributed by atoms with Crippen LogP contribution in [0.5, 0.6) is 0 Å². The molecular formula is C8H13NO. The molecule has 56 valence electrons. The third-order valence-electron chi connectivity index (χ3n) is 1.55. The van der Waals surface area contributed by atoms with Crippen LogP contribution in [0.2, 0.25) is 0 Å². The Morgan fingerprint density at radius 1 is 1.70 bits per heavy atom. The lowest BCUT2D eigenvalue weighted by Gasteiger charge is -2.05. The van der Waals surface area contributed by atoms with E-state index in [0.29, 0.717) is 6.42 Å². The molecule has 1 unspecified atom stereocenters. The first-order valence-corrected chi connectivity index (χ1v) is 3.59. The fraction of sp³-hybridized carbons (Fsp3) is 0.750. The van der Waals surface area contributed by atoms with Crippen LogP contribution in [0.25, 0.3) is 0 Å². The Balaban J connectivity index is 3.75. The molecule has 0 aromatic rings. The quantitative estimate of drug-likeness (QED) is 0.597. The standard InChI is InChI=1S/C8H13NO/c1-3-4-8(5-6-9)7(2)10/h8H,3-5H2,1-2H3. The van der Waals surface area contributed by atoms with E-state index in [1.165, 1.54) is 0 Å². The minimum Gasteiger partial charge on any atom is -0.300 e. The molecular weight excluding hydrogens is 126 g/mol. The van der Waals surface area contributed by atoms with Gasteiger partial charge in [-0.15, -0.1) is 0 Å². The van der Waals surface area contributed by atoms with Gasteiger partial charge in [0.15, 0.2) is 0 Å². The predicted octanol–water partition coefficient (Wildman–Crippen LogP) is 1.91. The van der Waals surface area contributed by atoms with Crippen LogP contribution >= 0.6 is 0 Å². The van der Waals surface area contributed by atoms with Crippen LogP contribution in [0.4, 0.5) is 0 Å². The van der Waals surface area contributed by atoms with E-state index in [-0.39, 0.29) is 11.7 Å². The Hall–Kier alpha value is -0.840. The van der Waals surface area contributed by atoms with E-state index in [1.807, 2.05) is 13.0 Å². The lowest BCUT2D eigenvalue weighted by molar-refractivity contribution is -0.120. The molecule has 0 heterocycles. The summed E-state index contributed by atoms with van der Waals surface area (Å²) in [5, 5.41) is 8.31. The summed E-state index contributed by atoms with van der Waals surface area (Å²) in [6.45, 7) is 3.57. The number of nitrogens with zero attached hydrogens (tertiary/aromatic N) is 1. The highest BCUT2D eigenvalue weighted by Crippen LogP contribution is 2.10. The summed E-state index contributed by atoms with van der Waals surface area (Å²) in [5.74, 6) is 0.124. The van der Waals surface area contributed by atoms with E-state index in [2.05, 4.69) is 0 Å². The number of rotatable bonds is 4. The lowest BCUT2D eigenvalue weighted by atomic mass is 9.97. The van der Waals surface area contributed by atoms with Gasteiger partial charge in [0.05, 0.1) is 6.07 Å². The molecule has 0 amide bonds. The van der Waals surface area contributed by atoms with Crippen molar-refractivity contribution in [2.45, 2.75) is 33.1 Å². The zero-order valence-electron chi connectivity index (χ0n) is 6.55. The average molecular weight is 139 g/mol. The molecule has 0 aliphatic carbocycles. The molecule has 0 saturated carbocycles. The molecule has 2 nitrogen and oxygen atoms in total. The van der Waals surface area contributed by atoms with Crippen LogP contribution in [0.1, 0.15) is 33.1 Å². The van der Waals surface area contributed by atoms with E-state index < -0.39 is 0 Å². The normalized spacial score (nSPS) is 12.1. The maximum atomic E-state index is 10.8. The molecule has 0 aromatic carbocycles. The predicted molar refractivity (Wildman–Crippen MR) is 39.3 cm³/mol. The van der Waals surface area contributed by atoms with Crippen LogP contribution in [-0.2, 0) is 4.79 Å². The Morgan fingerprint density at radius 3 is 2.60 bits per heavy atom. The maximum Gasteiger partial charge on any atom is 0.133 e. The summed E-state index contributed by atoms with van der Waals surface area (Å²) >= 11 is 0. The summed E-state index contributed by atoms with van der Waals surface area (Å²) in [6, 6.07) is 2.01. The van der Waals surface area contributed by atoms with E-state index >= 15 is 0 Å². The minimum absolute atomic E-state index is 0.0185. The number of nitriles is 1. The van der Waals surface area contributed by atoms with Gasteiger partial charge in [-0.1, -0.05) is 13.3 Å². The van der Waals surface area contributed by atoms with Crippen molar-refractivity contribution >= 4 is 5.78 Å². The minimum atomic E-state index is -0.0185. The topological polar surface area (TPSA) is 40.9 Å². The molecule has 2 heteroatoms. The summed E-state index contributed by atoms with van der Waals surface area (Å²) in [5.41, 5.74) is 0. The zero-order chi connectivity index (χ0) is 7.98. The van der Waals surface area contributed by atoms with Gasteiger partial charge in [0, 0.05) is 12.3 Å². The van der Waals surface area contributed by atoms with Crippen molar-refractivity contribution in [2.24, 2.45) is 5.92 Å². The van der Waals surface area contributed by atoms with E-state index in [4.69, 9.17) is 5.26 Å². The molecule has 0 saturated heterocycles. The molecule has 1 atom stereocenters. The Bertz CT molecular complexity index is 146. The largest absolute Gasteiger partial charge is 0.300 e. The molecule has 0 radical (unpaired) electrons. The van der Waals surface area contributed by atoms with Crippen LogP contribution in [-0.4, -0.2) is 5.78 Å². The number of carbonyl (C=O) groups excluding carboxylic acids is 1. The number of ketones is 1. The van der Waals surface area contributed by atoms with Crippen LogP contribution in [0.15, 0.2) is 0 Å². The van der Waals surface area contributed by atoms with Gasteiger partial charge in [-0.25, -0.2) is 0 Å². The number of hydrogen-bond donors (Lipinski definition) is 0. The van der Waals surface area contributed by atoms with Crippen molar-refractivity contribution in [1.29, 1.82) is 5.26 Å². The van der Waals surface area contributed by atoms with Gasteiger partial charge >= 0.3 is 0 Å². The SMILES string of the molecule is CCCC(CC#N)C(C)=O. The molecule has 10 heavy (non-hydrogen) atoms. The first-order valence-electron chi connectivity index (χ1n) is 3.59. The third kappa shape index (κ3) is 3.24.